The Morgan fingerprint density at radius 1 is 1.12 bits per heavy atom. The number of hydrogen-bond acceptors (Lipinski definition) is 5. The summed E-state index contributed by atoms with van der Waals surface area (Å²) < 4.78 is 20.0. The molecule has 182 valence electrons. The molecule has 0 aromatic carbocycles. The van der Waals surface area contributed by atoms with Gasteiger partial charge in [-0.1, -0.05) is 76.0 Å². The Bertz CT molecular complexity index is 816. The second kappa shape index (κ2) is 10.6. The molecule has 5 nitrogen and oxygen atoms in total. The van der Waals surface area contributed by atoms with Gasteiger partial charge in [0.2, 0.25) is 5.89 Å². The first-order valence-electron chi connectivity index (χ1n) is 11.6. The van der Waals surface area contributed by atoms with Gasteiger partial charge in [-0.15, -0.1) is 0 Å². The summed E-state index contributed by atoms with van der Waals surface area (Å²) >= 11 is 2.39. The molecule has 0 radical (unpaired) electrons. The highest BCUT2D eigenvalue weighted by molar-refractivity contribution is 14.1. The molecule has 0 saturated carbocycles. The summed E-state index contributed by atoms with van der Waals surface area (Å²) in [4.78, 5) is 4.48. The standard InChI is InChI=1S/C24H43IN2O3Si2/c1-23(2,3)31(7,8)28-15-11-12-18(30-32(9,10)24(4,5)6)13-14-19-17-26-22(29-19)21-20(16-25)27-21/h17-18,20-21,27H,13-16H2,1-10H3/t18?,20-,21-/m0/s1. The summed E-state index contributed by atoms with van der Waals surface area (Å²) in [7, 11) is -3.74. The lowest BCUT2D eigenvalue weighted by Crippen LogP contribution is -2.43. The molecule has 1 N–H and O–H groups in total. The summed E-state index contributed by atoms with van der Waals surface area (Å²) in [6.07, 6.45) is 3.29. The smallest absolute Gasteiger partial charge is 0.213 e. The second-order valence-corrected chi connectivity index (χ2v) is 22.3. The molecule has 3 atom stereocenters. The lowest BCUT2D eigenvalue weighted by molar-refractivity contribution is 0.220. The van der Waals surface area contributed by atoms with E-state index in [0.717, 1.165) is 28.9 Å². The van der Waals surface area contributed by atoms with Crippen LogP contribution in [0, 0.1) is 11.8 Å². The summed E-state index contributed by atoms with van der Waals surface area (Å²) in [6.45, 7) is 23.1. The Morgan fingerprint density at radius 2 is 1.75 bits per heavy atom. The number of aromatic nitrogens is 1. The average molecular weight is 591 g/mol. The zero-order chi connectivity index (χ0) is 24.4. The van der Waals surface area contributed by atoms with Crippen molar-refractivity contribution >= 4 is 39.2 Å². The van der Waals surface area contributed by atoms with Gasteiger partial charge in [0.1, 0.15) is 17.9 Å². The van der Waals surface area contributed by atoms with Crippen molar-refractivity contribution in [3.05, 3.63) is 17.8 Å². The monoisotopic (exact) mass is 590 g/mol. The van der Waals surface area contributed by atoms with Crippen LogP contribution in [-0.2, 0) is 15.3 Å². The zero-order valence-corrected chi connectivity index (χ0v) is 25.8. The van der Waals surface area contributed by atoms with E-state index in [1.807, 2.05) is 6.20 Å². The molecule has 2 rings (SSSR count). The lowest BCUT2D eigenvalue weighted by Gasteiger charge is -2.38. The molecule has 1 unspecified atom stereocenters. The van der Waals surface area contributed by atoms with Gasteiger partial charge in [0.05, 0.1) is 12.8 Å². The van der Waals surface area contributed by atoms with Gasteiger partial charge in [-0.3, -0.25) is 5.32 Å². The Balaban J connectivity index is 2.03. The van der Waals surface area contributed by atoms with Crippen molar-refractivity contribution in [1.82, 2.24) is 10.3 Å². The maximum atomic E-state index is 6.67. The minimum Gasteiger partial charge on any atom is -0.444 e. The van der Waals surface area contributed by atoms with Crippen LogP contribution < -0.4 is 5.32 Å². The second-order valence-electron chi connectivity index (χ2n) is 11.8. The van der Waals surface area contributed by atoms with E-state index < -0.39 is 16.6 Å². The van der Waals surface area contributed by atoms with Gasteiger partial charge in [-0.2, -0.15) is 0 Å². The lowest BCUT2D eigenvalue weighted by atomic mass is 10.2. The van der Waals surface area contributed by atoms with Crippen molar-refractivity contribution in [3.63, 3.8) is 0 Å². The third kappa shape index (κ3) is 7.67. The molecule has 1 aromatic heterocycles. The fourth-order valence-corrected chi connectivity index (χ4v) is 5.56. The summed E-state index contributed by atoms with van der Waals surface area (Å²) in [5.74, 6) is 8.37. The number of rotatable bonds is 9. The number of halogens is 1. The van der Waals surface area contributed by atoms with E-state index in [-0.39, 0.29) is 22.2 Å². The molecule has 1 aliphatic rings. The first kappa shape index (κ1) is 28.1. The maximum Gasteiger partial charge on any atom is 0.213 e. The van der Waals surface area contributed by atoms with Crippen LogP contribution in [0.2, 0.25) is 36.3 Å². The third-order valence-electron chi connectivity index (χ3n) is 7.16. The number of alkyl halides is 1. The number of hydrogen-bond donors (Lipinski definition) is 1. The van der Waals surface area contributed by atoms with Crippen molar-refractivity contribution < 1.29 is 13.3 Å². The molecule has 2 heterocycles. The van der Waals surface area contributed by atoms with E-state index in [4.69, 9.17) is 13.3 Å². The highest BCUT2D eigenvalue weighted by Gasteiger charge is 2.41. The Morgan fingerprint density at radius 3 is 2.28 bits per heavy atom. The number of nitrogens with zero attached hydrogens (tertiary/aromatic N) is 1. The molecule has 32 heavy (non-hydrogen) atoms. The molecule has 1 saturated heterocycles. The van der Waals surface area contributed by atoms with Crippen molar-refractivity contribution in [1.29, 1.82) is 0 Å². The predicted molar refractivity (Wildman–Crippen MR) is 146 cm³/mol. The van der Waals surface area contributed by atoms with Crippen molar-refractivity contribution in [2.75, 3.05) is 11.0 Å². The molecule has 1 fully saturated rings. The van der Waals surface area contributed by atoms with Gasteiger partial charge in [0, 0.05) is 16.9 Å². The van der Waals surface area contributed by atoms with Gasteiger partial charge < -0.3 is 13.3 Å². The van der Waals surface area contributed by atoms with E-state index in [2.05, 4.69) is 112 Å². The third-order valence-corrected chi connectivity index (χ3v) is 17.1. The van der Waals surface area contributed by atoms with Crippen LogP contribution in [0.3, 0.4) is 0 Å². The topological polar surface area (TPSA) is 66.4 Å². The van der Waals surface area contributed by atoms with Gasteiger partial charge >= 0.3 is 0 Å². The van der Waals surface area contributed by atoms with E-state index >= 15 is 0 Å². The maximum absolute atomic E-state index is 6.67. The number of oxazole rings is 1. The van der Waals surface area contributed by atoms with Crippen molar-refractivity contribution in [3.8, 4) is 11.8 Å². The van der Waals surface area contributed by atoms with E-state index in [0.29, 0.717) is 12.6 Å². The van der Waals surface area contributed by atoms with Crippen LogP contribution in [0.4, 0.5) is 0 Å². The fourth-order valence-electron chi connectivity index (χ4n) is 2.69. The fraction of sp³-hybridized carbons (Fsp3) is 0.792. The molecule has 0 bridgehead atoms. The molecular weight excluding hydrogens is 547 g/mol. The van der Waals surface area contributed by atoms with Crippen molar-refractivity contribution in [2.45, 2.75) is 109 Å². The minimum absolute atomic E-state index is 0.131. The highest BCUT2D eigenvalue weighted by atomic mass is 127. The Kier molecular flexibility index (Phi) is 9.30. The Labute approximate surface area is 211 Å². The summed E-state index contributed by atoms with van der Waals surface area (Å²) in [5.41, 5.74) is 0. The van der Waals surface area contributed by atoms with Crippen molar-refractivity contribution in [2.24, 2.45) is 0 Å². The molecule has 1 aromatic rings. The van der Waals surface area contributed by atoms with Crippen LogP contribution >= 0.6 is 22.6 Å². The first-order chi connectivity index (χ1) is 14.6. The number of aryl methyl sites for hydroxylation is 1. The largest absolute Gasteiger partial charge is 0.444 e. The minimum atomic E-state index is -1.94. The van der Waals surface area contributed by atoms with E-state index in [1.54, 1.807) is 0 Å². The molecule has 0 amide bonds. The van der Waals surface area contributed by atoms with Crippen LogP contribution in [0.1, 0.15) is 65.7 Å². The molecule has 0 aliphatic carbocycles. The van der Waals surface area contributed by atoms with Gasteiger partial charge in [-0.25, -0.2) is 4.98 Å². The quantitative estimate of drug-likeness (QED) is 0.117. The van der Waals surface area contributed by atoms with Gasteiger partial charge in [-0.05, 0) is 42.7 Å². The van der Waals surface area contributed by atoms with Gasteiger partial charge in [0.25, 0.3) is 0 Å². The SMILES string of the molecule is CC(C)(C)[Si](C)(C)OCC#CC(CCc1cnc([C@H]2N[C@H]2CI)o1)O[Si](C)(C)C(C)(C)C. The number of nitrogens with one attached hydrogen (secondary N) is 1. The zero-order valence-electron chi connectivity index (χ0n) is 21.7. The molecule has 0 spiro atoms. The normalized spacial score (nSPS) is 20.6. The first-order valence-corrected chi connectivity index (χ1v) is 19.0. The highest BCUT2D eigenvalue weighted by Crippen LogP contribution is 2.38. The van der Waals surface area contributed by atoms with E-state index in [9.17, 15) is 0 Å². The summed E-state index contributed by atoms with van der Waals surface area (Å²) in [5, 5.41) is 3.72. The van der Waals surface area contributed by atoms with Crippen LogP contribution in [0.25, 0.3) is 0 Å². The molecule has 1 aliphatic heterocycles. The van der Waals surface area contributed by atoms with Crippen LogP contribution in [0.15, 0.2) is 10.6 Å². The molecule has 8 heteroatoms. The Hall–Kier alpha value is -0.186. The van der Waals surface area contributed by atoms with Crippen LogP contribution in [0.5, 0.6) is 0 Å². The average Bonchev–Trinajstić information content (AvgIpc) is 3.29. The van der Waals surface area contributed by atoms with E-state index in [1.165, 1.54) is 0 Å². The molecular formula is C24H43IN2O3Si2. The van der Waals surface area contributed by atoms with Crippen LogP contribution in [-0.4, -0.2) is 44.8 Å². The van der Waals surface area contributed by atoms with Gasteiger partial charge in [0.15, 0.2) is 16.6 Å². The summed E-state index contributed by atoms with van der Waals surface area (Å²) in [6, 6.07) is 0.760. The predicted octanol–water partition coefficient (Wildman–Crippen LogP) is 6.47.